The molecule has 1 unspecified atom stereocenters. The van der Waals surface area contributed by atoms with E-state index in [4.69, 9.17) is 12.2 Å². The summed E-state index contributed by atoms with van der Waals surface area (Å²) in [4.78, 5) is 0. The van der Waals surface area contributed by atoms with Crippen LogP contribution in [0.5, 0.6) is 0 Å². The minimum absolute atomic E-state index is 0.132. The number of hydrogen-bond donors (Lipinski definition) is 2. The fourth-order valence-corrected chi connectivity index (χ4v) is 1.98. The van der Waals surface area contributed by atoms with Crippen LogP contribution >= 0.6 is 23.8 Å². The summed E-state index contributed by atoms with van der Waals surface area (Å²) in [7, 11) is 0. The molecular formula is C8H12N4S2. The summed E-state index contributed by atoms with van der Waals surface area (Å²) in [6.45, 7) is 2.03. The molecule has 76 valence electrons. The molecule has 4 nitrogen and oxygen atoms in total. The van der Waals surface area contributed by atoms with Gasteiger partial charge in [-0.1, -0.05) is 4.49 Å². The predicted molar refractivity (Wildman–Crippen MR) is 60.2 cm³/mol. The molecule has 1 aliphatic carbocycles. The third-order valence-corrected chi connectivity index (χ3v) is 2.84. The van der Waals surface area contributed by atoms with Crippen molar-refractivity contribution < 1.29 is 0 Å². The Bertz CT molecular complexity index is 307. The standard InChI is InChI=1S/C8H12N4S2/c1-5(7-4-14-12-11-7)9-8(13)10-6-2-3-6/h4-6H,2-3H2,1H3,(H2,9,10,13). The van der Waals surface area contributed by atoms with Gasteiger partial charge in [-0.15, -0.1) is 5.10 Å². The summed E-state index contributed by atoms with van der Waals surface area (Å²) in [5.41, 5.74) is 0.940. The molecule has 1 saturated carbocycles. The Morgan fingerprint density at radius 2 is 2.50 bits per heavy atom. The van der Waals surface area contributed by atoms with Crippen molar-refractivity contribution in [2.24, 2.45) is 0 Å². The average molecular weight is 228 g/mol. The lowest BCUT2D eigenvalue weighted by molar-refractivity contribution is 0.672. The van der Waals surface area contributed by atoms with Gasteiger partial charge in [-0.3, -0.25) is 0 Å². The summed E-state index contributed by atoms with van der Waals surface area (Å²) >= 11 is 6.51. The normalized spacial score (nSPS) is 17.5. The van der Waals surface area contributed by atoms with E-state index in [0.717, 1.165) is 5.69 Å². The highest BCUT2D eigenvalue weighted by molar-refractivity contribution is 7.80. The van der Waals surface area contributed by atoms with E-state index in [0.29, 0.717) is 11.2 Å². The van der Waals surface area contributed by atoms with Gasteiger partial charge in [0.25, 0.3) is 0 Å². The smallest absolute Gasteiger partial charge is 0.167 e. The van der Waals surface area contributed by atoms with Gasteiger partial charge in [-0.25, -0.2) is 0 Å². The van der Waals surface area contributed by atoms with Gasteiger partial charge in [-0.2, -0.15) is 0 Å². The second-order valence-electron chi connectivity index (χ2n) is 3.44. The first kappa shape index (κ1) is 9.79. The maximum atomic E-state index is 5.15. The fraction of sp³-hybridized carbons (Fsp3) is 0.625. The van der Waals surface area contributed by atoms with E-state index in [-0.39, 0.29) is 6.04 Å². The molecule has 0 amide bonds. The SMILES string of the molecule is CC(NC(=S)NC1CC1)c1csnn1. The van der Waals surface area contributed by atoms with E-state index in [9.17, 15) is 0 Å². The van der Waals surface area contributed by atoms with Crippen LogP contribution in [0.1, 0.15) is 31.5 Å². The lowest BCUT2D eigenvalue weighted by atomic mass is 10.3. The first-order chi connectivity index (χ1) is 6.75. The minimum atomic E-state index is 0.132. The Morgan fingerprint density at radius 1 is 1.71 bits per heavy atom. The first-order valence-corrected chi connectivity index (χ1v) is 5.84. The van der Waals surface area contributed by atoms with Crippen molar-refractivity contribution in [1.82, 2.24) is 20.2 Å². The lowest BCUT2D eigenvalue weighted by Crippen LogP contribution is -2.38. The van der Waals surface area contributed by atoms with Crippen molar-refractivity contribution in [2.45, 2.75) is 31.8 Å². The molecule has 0 saturated heterocycles. The van der Waals surface area contributed by atoms with Crippen LogP contribution in [0, 0.1) is 0 Å². The van der Waals surface area contributed by atoms with Crippen molar-refractivity contribution in [2.75, 3.05) is 0 Å². The van der Waals surface area contributed by atoms with Crippen molar-refractivity contribution in [3.8, 4) is 0 Å². The second kappa shape index (κ2) is 4.18. The Labute approximate surface area is 92.3 Å². The van der Waals surface area contributed by atoms with Crippen LogP contribution in [-0.4, -0.2) is 20.7 Å². The molecule has 0 aromatic carbocycles. The van der Waals surface area contributed by atoms with Gasteiger partial charge in [0.1, 0.15) is 0 Å². The summed E-state index contributed by atoms with van der Waals surface area (Å²) < 4.78 is 3.81. The van der Waals surface area contributed by atoms with Crippen LogP contribution in [0.4, 0.5) is 0 Å². The third kappa shape index (κ3) is 2.62. The summed E-state index contributed by atoms with van der Waals surface area (Å²) in [6.07, 6.45) is 2.46. The number of aromatic nitrogens is 2. The first-order valence-electron chi connectivity index (χ1n) is 4.59. The molecule has 0 bridgehead atoms. The molecule has 0 aliphatic heterocycles. The average Bonchev–Trinajstić information content (AvgIpc) is 2.80. The minimum Gasteiger partial charge on any atom is -0.360 e. The lowest BCUT2D eigenvalue weighted by Gasteiger charge is -2.14. The Morgan fingerprint density at radius 3 is 3.07 bits per heavy atom. The van der Waals surface area contributed by atoms with E-state index in [1.807, 2.05) is 12.3 Å². The number of nitrogens with one attached hydrogen (secondary N) is 2. The fourth-order valence-electron chi connectivity index (χ4n) is 1.09. The quantitative estimate of drug-likeness (QED) is 0.762. The van der Waals surface area contributed by atoms with Gasteiger partial charge in [-0.05, 0) is 43.5 Å². The van der Waals surface area contributed by atoms with Crippen molar-refractivity contribution >= 4 is 28.9 Å². The Kier molecular flexibility index (Phi) is 2.93. The van der Waals surface area contributed by atoms with Crippen LogP contribution in [0.15, 0.2) is 5.38 Å². The Hall–Kier alpha value is -0.750. The van der Waals surface area contributed by atoms with Crippen molar-refractivity contribution in [1.29, 1.82) is 0 Å². The molecule has 1 aromatic heterocycles. The largest absolute Gasteiger partial charge is 0.360 e. The van der Waals surface area contributed by atoms with E-state index >= 15 is 0 Å². The van der Waals surface area contributed by atoms with E-state index in [2.05, 4.69) is 20.2 Å². The monoisotopic (exact) mass is 228 g/mol. The molecule has 1 aliphatic rings. The van der Waals surface area contributed by atoms with Crippen LogP contribution in [-0.2, 0) is 0 Å². The van der Waals surface area contributed by atoms with E-state index < -0.39 is 0 Å². The molecule has 1 atom stereocenters. The van der Waals surface area contributed by atoms with Gasteiger partial charge < -0.3 is 10.6 Å². The zero-order chi connectivity index (χ0) is 9.97. The maximum absolute atomic E-state index is 5.15. The van der Waals surface area contributed by atoms with Crippen molar-refractivity contribution in [3.05, 3.63) is 11.1 Å². The van der Waals surface area contributed by atoms with Gasteiger partial charge in [0.05, 0.1) is 11.7 Å². The topological polar surface area (TPSA) is 49.8 Å². The zero-order valence-corrected chi connectivity index (χ0v) is 9.49. The predicted octanol–water partition coefficient (Wildman–Crippen LogP) is 1.23. The van der Waals surface area contributed by atoms with Gasteiger partial charge in [0.2, 0.25) is 0 Å². The number of thiocarbonyl (C=S) groups is 1. The van der Waals surface area contributed by atoms with E-state index in [1.165, 1.54) is 24.4 Å². The van der Waals surface area contributed by atoms with Crippen LogP contribution in [0.25, 0.3) is 0 Å². The summed E-state index contributed by atoms with van der Waals surface area (Å²) in [5, 5.41) is 13.0. The second-order valence-corrected chi connectivity index (χ2v) is 4.46. The van der Waals surface area contributed by atoms with Gasteiger partial charge in [0.15, 0.2) is 5.11 Å². The zero-order valence-electron chi connectivity index (χ0n) is 7.86. The van der Waals surface area contributed by atoms with Crippen molar-refractivity contribution in [3.63, 3.8) is 0 Å². The molecule has 1 heterocycles. The maximum Gasteiger partial charge on any atom is 0.167 e. The summed E-state index contributed by atoms with van der Waals surface area (Å²) in [6, 6.07) is 0.725. The molecule has 2 rings (SSSR count). The molecule has 0 spiro atoms. The highest BCUT2D eigenvalue weighted by Gasteiger charge is 2.22. The molecular weight excluding hydrogens is 216 g/mol. The molecule has 1 fully saturated rings. The van der Waals surface area contributed by atoms with E-state index in [1.54, 1.807) is 0 Å². The van der Waals surface area contributed by atoms with Crippen LogP contribution < -0.4 is 10.6 Å². The molecule has 1 aromatic rings. The number of rotatable bonds is 3. The molecule has 0 radical (unpaired) electrons. The van der Waals surface area contributed by atoms with Gasteiger partial charge >= 0.3 is 0 Å². The Balaban J connectivity index is 1.81. The highest BCUT2D eigenvalue weighted by atomic mass is 32.1. The van der Waals surface area contributed by atoms with Crippen LogP contribution in [0.3, 0.4) is 0 Å². The highest BCUT2D eigenvalue weighted by Crippen LogP contribution is 2.18. The van der Waals surface area contributed by atoms with Gasteiger partial charge in [0, 0.05) is 11.4 Å². The summed E-state index contributed by atoms with van der Waals surface area (Å²) in [5.74, 6) is 0. The molecule has 2 N–H and O–H groups in total. The molecule has 14 heavy (non-hydrogen) atoms. The number of nitrogens with zero attached hydrogens (tertiary/aromatic N) is 2. The number of hydrogen-bond acceptors (Lipinski definition) is 4. The third-order valence-electron chi connectivity index (χ3n) is 2.08. The molecule has 6 heteroatoms. The van der Waals surface area contributed by atoms with Crippen LogP contribution in [0.2, 0.25) is 0 Å².